The highest BCUT2D eigenvalue weighted by molar-refractivity contribution is 6.33. The van der Waals surface area contributed by atoms with E-state index in [2.05, 4.69) is 0 Å². The number of ether oxygens (including phenoxy) is 2. The monoisotopic (exact) mass is 412 g/mol. The van der Waals surface area contributed by atoms with Crippen molar-refractivity contribution in [3.8, 4) is 0 Å². The van der Waals surface area contributed by atoms with Crippen molar-refractivity contribution in [2.75, 3.05) is 31.1 Å². The molecule has 9 nitrogen and oxygen atoms in total. The van der Waals surface area contributed by atoms with Gasteiger partial charge >= 0.3 is 17.9 Å². The van der Waals surface area contributed by atoms with Gasteiger partial charge < -0.3 is 24.4 Å². The zero-order valence-electron chi connectivity index (χ0n) is 15.5. The third-order valence-corrected chi connectivity index (χ3v) is 4.45. The van der Waals surface area contributed by atoms with Crippen LogP contribution in [-0.2, 0) is 28.7 Å². The van der Waals surface area contributed by atoms with Crippen LogP contribution in [0.15, 0.2) is 24.3 Å². The van der Waals surface area contributed by atoms with Gasteiger partial charge in [-0.3, -0.25) is 14.4 Å². The van der Waals surface area contributed by atoms with E-state index in [-0.39, 0.29) is 13.1 Å². The quantitative estimate of drug-likeness (QED) is 0.686. The summed E-state index contributed by atoms with van der Waals surface area (Å²) in [5.74, 6) is -4.07. The first-order valence-corrected chi connectivity index (χ1v) is 8.94. The highest BCUT2D eigenvalue weighted by atomic mass is 35.5. The van der Waals surface area contributed by atoms with Crippen LogP contribution >= 0.6 is 11.6 Å². The van der Waals surface area contributed by atoms with E-state index in [0.29, 0.717) is 18.1 Å². The largest absolute Gasteiger partial charge is 0.478 e. The number of nitrogens with zero attached hydrogens (tertiary/aromatic N) is 2. The van der Waals surface area contributed by atoms with Crippen LogP contribution in [0, 0.1) is 0 Å². The fourth-order valence-electron chi connectivity index (χ4n) is 2.90. The fraction of sp³-hybridized carbons (Fsp3) is 0.444. The molecule has 1 aliphatic heterocycles. The lowest BCUT2D eigenvalue weighted by Crippen LogP contribution is -2.56. The van der Waals surface area contributed by atoms with Gasteiger partial charge in [-0.1, -0.05) is 23.7 Å². The molecular formula is C18H21ClN2O7. The minimum absolute atomic E-state index is 0.258. The van der Waals surface area contributed by atoms with E-state index in [1.54, 1.807) is 6.07 Å². The summed E-state index contributed by atoms with van der Waals surface area (Å²) in [7, 11) is 0. The summed E-state index contributed by atoms with van der Waals surface area (Å²) in [6.45, 7) is 3.47. The standard InChI is InChI=1S/C18H21ClN2O7/c1-11(22)27-15(16(18(25)26)28-12(2)23)17(24)21-9-7-20(8-10-21)14-6-4-3-5-13(14)19/h3-6,15-16H,7-10H2,1-2H3,(H,25,26)/t15-,16-/m1/s1. The molecule has 1 heterocycles. The number of benzene rings is 1. The molecule has 1 N–H and O–H groups in total. The van der Waals surface area contributed by atoms with E-state index in [1.165, 1.54) is 4.90 Å². The number of hydrogen-bond acceptors (Lipinski definition) is 7. The summed E-state index contributed by atoms with van der Waals surface area (Å²) in [6.07, 6.45) is -3.68. The molecule has 1 amide bonds. The minimum Gasteiger partial charge on any atom is -0.478 e. The lowest BCUT2D eigenvalue weighted by Gasteiger charge is -2.38. The zero-order chi connectivity index (χ0) is 20.8. The highest BCUT2D eigenvalue weighted by Crippen LogP contribution is 2.26. The van der Waals surface area contributed by atoms with Crippen molar-refractivity contribution >= 4 is 41.1 Å². The summed E-state index contributed by atoms with van der Waals surface area (Å²) in [4.78, 5) is 50.2. The molecule has 0 aliphatic carbocycles. The summed E-state index contributed by atoms with van der Waals surface area (Å²) < 4.78 is 9.60. The molecule has 1 aromatic carbocycles. The van der Waals surface area contributed by atoms with Crippen molar-refractivity contribution in [2.45, 2.75) is 26.1 Å². The average Bonchev–Trinajstić information content (AvgIpc) is 2.64. The first-order chi connectivity index (χ1) is 13.2. The van der Waals surface area contributed by atoms with Crippen LogP contribution in [0.4, 0.5) is 5.69 Å². The fourth-order valence-corrected chi connectivity index (χ4v) is 3.15. The van der Waals surface area contributed by atoms with Gasteiger partial charge in [0.05, 0.1) is 10.7 Å². The topological polar surface area (TPSA) is 113 Å². The Kier molecular flexibility index (Phi) is 7.22. The molecule has 1 fully saturated rings. The SMILES string of the molecule is CC(=O)O[C@@H](C(=O)O)[C@@H](OC(C)=O)C(=O)N1CCN(c2ccccc2Cl)CC1. The van der Waals surface area contributed by atoms with Gasteiger partial charge in [-0.25, -0.2) is 4.79 Å². The normalized spacial score (nSPS) is 16.1. The smallest absolute Gasteiger partial charge is 0.349 e. The van der Waals surface area contributed by atoms with Crippen molar-refractivity contribution in [3.05, 3.63) is 29.3 Å². The van der Waals surface area contributed by atoms with E-state index >= 15 is 0 Å². The van der Waals surface area contributed by atoms with Gasteiger partial charge in [0.25, 0.3) is 5.91 Å². The Bertz CT molecular complexity index is 762. The van der Waals surface area contributed by atoms with Gasteiger partial charge in [-0.05, 0) is 12.1 Å². The predicted molar refractivity (Wildman–Crippen MR) is 99.0 cm³/mol. The Hall–Kier alpha value is -2.81. The number of hydrogen-bond donors (Lipinski definition) is 1. The van der Waals surface area contributed by atoms with Crippen molar-refractivity contribution < 1.29 is 33.8 Å². The van der Waals surface area contributed by atoms with Crippen LogP contribution in [0.25, 0.3) is 0 Å². The molecule has 0 spiro atoms. The molecule has 0 radical (unpaired) electrons. The van der Waals surface area contributed by atoms with Crippen LogP contribution < -0.4 is 4.90 Å². The van der Waals surface area contributed by atoms with Gasteiger partial charge in [0, 0.05) is 40.0 Å². The minimum atomic E-state index is -1.92. The van der Waals surface area contributed by atoms with Crippen LogP contribution in [0.2, 0.25) is 5.02 Å². The molecule has 0 bridgehead atoms. The third kappa shape index (κ3) is 5.35. The maximum Gasteiger partial charge on any atom is 0.349 e. The lowest BCUT2D eigenvalue weighted by atomic mass is 10.1. The number of aliphatic carboxylic acids is 1. The van der Waals surface area contributed by atoms with Gasteiger partial charge in [0.2, 0.25) is 12.2 Å². The number of carboxylic acids is 1. The Balaban J connectivity index is 2.12. The number of amides is 1. The van der Waals surface area contributed by atoms with Gasteiger partial charge in [-0.15, -0.1) is 0 Å². The van der Waals surface area contributed by atoms with E-state index in [1.807, 2.05) is 23.1 Å². The first kappa shape index (κ1) is 21.5. The molecule has 152 valence electrons. The van der Waals surface area contributed by atoms with E-state index in [9.17, 15) is 24.3 Å². The molecule has 0 aromatic heterocycles. The number of esters is 2. The Labute approximate surface area is 166 Å². The van der Waals surface area contributed by atoms with Crippen LogP contribution in [-0.4, -0.2) is 72.2 Å². The Morgan fingerprint density at radius 3 is 2.00 bits per heavy atom. The predicted octanol–water partition coefficient (Wildman–Crippen LogP) is 0.937. The molecule has 1 saturated heterocycles. The first-order valence-electron chi connectivity index (χ1n) is 8.56. The third-order valence-electron chi connectivity index (χ3n) is 4.13. The Morgan fingerprint density at radius 1 is 0.964 bits per heavy atom. The molecule has 1 aromatic rings. The number of carboxylic acid groups (broad SMARTS) is 1. The van der Waals surface area contributed by atoms with Gasteiger partial charge in [-0.2, -0.15) is 0 Å². The van der Waals surface area contributed by atoms with Gasteiger partial charge in [0.15, 0.2) is 0 Å². The molecule has 2 atom stereocenters. The summed E-state index contributed by atoms with van der Waals surface area (Å²) in [5.41, 5.74) is 0.830. The molecule has 1 aliphatic rings. The highest BCUT2D eigenvalue weighted by Gasteiger charge is 2.42. The molecule has 0 unspecified atom stereocenters. The maximum absolute atomic E-state index is 12.8. The van der Waals surface area contributed by atoms with Crippen LogP contribution in [0.5, 0.6) is 0 Å². The van der Waals surface area contributed by atoms with Crippen LogP contribution in [0.3, 0.4) is 0 Å². The van der Waals surface area contributed by atoms with Crippen molar-refractivity contribution in [2.24, 2.45) is 0 Å². The summed E-state index contributed by atoms with van der Waals surface area (Å²) in [6, 6.07) is 7.30. The number of carbonyl (C=O) groups is 4. The maximum atomic E-state index is 12.8. The second kappa shape index (κ2) is 9.41. The number of anilines is 1. The van der Waals surface area contributed by atoms with Crippen LogP contribution in [0.1, 0.15) is 13.8 Å². The second-order valence-electron chi connectivity index (χ2n) is 6.16. The van der Waals surface area contributed by atoms with Crippen molar-refractivity contribution in [1.82, 2.24) is 4.90 Å². The van der Waals surface area contributed by atoms with Gasteiger partial charge in [0.1, 0.15) is 0 Å². The number of para-hydroxylation sites is 1. The second-order valence-corrected chi connectivity index (χ2v) is 6.57. The molecule has 10 heteroatoms. The van der Waals surface area contributed by atoms with Crippen molar-refractivity contribution in [3.63, 3.8) is 0 Å². The summed E-state index contributed by atoms with van der Waals surface area (Å²) >= 11 is 6.20. The number of piperazine rings is 1. The number of halogens is 1. The number of rotatable bonds is 6. The van der Waals surface area contributed by atoms with Crippen molar-refractivity contribution in [1.29, 1.82) is 0 Å². The Morgan fingerprint density at radius 2 is 1.50 bits per heavy atom. The number of carbonyl (C=O) groups excluding carboxylic acids is 3. The summed E-state index contributed by atoms with van der Waals surface area (Å²) in [5, 5.41) is 9.90. The molecule has 2 rings (SSSR count). The molecule has 28 heavy (non-hydrogen) atoms. The molecular weight excluding hydrogens is 392 g/mol. The van der Waals surface area contributed by atoms with E-state index in [4.69, 9.17) is 21.1 Å². The average molecular weight is 413 g/mol. The zero-order valence-corrected chi connectivity index (χ0v) is 16.2. The molecule has 0 saturated carbocycles. The van der Waals surface area contributed by atoms with E-state index < -0.39 is 36.0 Å². The van der Waals surface area contributed by atoms with E-state index in [0.717, 1.165) is 19.5 Å². The lowest BCUT2D eigenvalue weighted by molar-refractivity contribution is -0.183.